The number of fused-ring (bicyclic) bond motifs is 2. The van der Waals surface area contributed by atoms with Crippen molar-refractivity contribution in [2.45, 2.75) is 11.5 Å². The second-order valence-electron chi connectivity index (χ2n) is 10.3. The number of Topliss-reactive ketones (excluding diaryl/α,β-unsaturated/α-hetero) is 3. The molecule has 36 heavy (non-hydrogen) atoms. The molecule has 0 bridgehead atoms. The van der Waals surface area contributed by atoms with E-state index in [1.165, 1.54) is 0 Å². The predicted octanol–water partition coefficient (Wildman–Crippen LogP) is 4.12. The zero-order valence-electron chi connectivity index (χ0n) is 20.5. The molecular weight excluding hydrogens is 448 g/mol. The quantitative estimate of drug-likeness (QED) is 0.412. The fraction of sp³-hybridized carbons (Fsp3) is 0.258. The number of likely N-dealkylation sites (N-methyl/N-ethyl adjacent to an activating group) is 2. The minimum Gasteiger partial charge on any atom is -0.301 e. The van der Waals surface area contributed by atoms with E-state index < -0.39 is 11.0 Å². The molecule has 0 amide bonds. The Kier molecular flexibility index (Phi) is 5.18. The van der Waals surface area contributed by atoms with Crippen LogP contribution in [0.2, 0.25) is 0 Å². The Morgan fingerprint density at radius 2 is 1.31 bits per heavy atom. The first-order chi connectivity index (χ1) is 17.4. The van der Waals surface area contributed by atoms with Gasteiger partial charge in [0.05, 0.1) is 5.41 Å². The summed E-state index contributed by atoms with van der Waals surface area (Å²) in [6.45, 7) is 1.23. The van der Waals surface area contributed by atoms with Gasteiger partial charge in [0, 0.05) is 42.3 Å². The molecule has 180 valence electrons. The summed E-state index contributed by atoms with van der Waals surface area (Å²) in [6.07, 6.45) is 1.92. The van der Waals surface area contributed by atoms with Crippen molar-refractivity contribution in [2.24, 2.45) is 5.41 Å². The maximum absolute atomic E-state index is 14.8. The molecule has 5 nitrogen and oxygen atoms in total. The second kappa shape index (κ2) is 8.19. The molecule has 2 aliphatic heterocycles. The van der Waals surface area contributed by atoms with E-state index in [4.69, 9.17) is 0 Å². The molecule has 2 spiro atoms. The molecule has 2 saturated heterocycles. The number of ketones is 3. The van der Waals surface area contributed by atoms with Crippen LogP contribution in [-0.4, -0.2) is 66.4 Å². The molecule has 0 unspecified atom stereocenters. The van der Waals surface area contributed by atoms with E-state index in [2.05, 4.69) is 4.90 Å². The number of benzene rings is 3. The summed E-state index contributed by atoms with van der Waals surface area (Å²) < 4.78 is 0. The standard InChI is InChI=1S/C31H28N2O3/c1-32-18-23(17-21-11-5-3-6-12-21)27(34)30(20-32)26(22-13-7-4-8-14-22)19-33(2)31(30)28(35)24-15-9-10-16-25(24)29(31)36/h3-17,26H,18-20H2,1-2H3/b23-17+/t26-,30+/m0/s1. The van der Waals surface area contributed by atoms with E-state index >= 15 is 0 Å². The molecule has 6 rings (SSSR count). The fourth-order valence-corrected chi connectivity index (χ4v) is 6.97. The zero-order valence-corrected chi connectivity index (χ0v) is 20.5. The van der Waals surface area contributed by atoms with E-state index in [9.17, 15) is 14.4 Å². The minimum absolute atomic E-state index is 0.0998. The van der Waals surface area contributed by atoms with Gasteiger partial charge in [0.15, 0.2) is 22.9 Å². The molecule has 3 aromatic carbocycles. The van der Waals surface area contributed by atoms with Crippen LogP contribution in [0.3, 0.4) is 0 Å². The largest absolute Gasteiger partial charge is 0.301 e. The van der Waals surface area contributed by atoms with Gasteiger partial charge < -0.3 is 4.90 Å². The van der Waals surface area contributed by atoms with Gasteiger partial charge in [-0.3, -0.25) is 19.3 Å². The number of piperidine rings is 1. The molecule has 3 aliphatic rings. The summed E-state index contributed by atoms with van der Waals surface area (Å²) in [5.41, 5.74) is 0.509. The molecule has 0 saturated carbocycles. The SMILES string of the molecule is CN1C/C(=C\c2ccccc2)C(=O)[C@@]2(C1)[C@H](c1ccccc1)CN(C)C21C(=O)c2ccccc2C1=O. The number of carbonyl (C=O) groups excluding carboxylic acids is 3. The van der Waals surface area contributed by atoms with Crippen molar-refractivity contribution in [3.8, 4) is 0 Å². The Morgan fingerprint density at radius 1 is 0.750 bits per heavy atom. The maximum atomic E-state index is 14.8. The summed E-state index contributed by atoms with van der Waals surface area (Å²) in [4.78, 5) is 47.5. The molecule has 0 aromatic heterocycles. The van der Waals surface area contributed by atoms with Crippen molar-refractivity contribution >= 4 is 23.4 Å². The summed E-state index contributed by atoms with van der Waals surface area (Å²) in [5, 5.41) is 0. The number of carbonyl (C=O) groups is 3. The van der Waals surface area contributed by atoms with Crippen LogP contribution >= 0.6 is 0 Å². The third kappa shape index (κ3) is 2.87. The van der Waals surface area contributed by atoms with Gasteiger partial charge in [0.2, 0.25) is 0 Å². The number of hydrogen-bond donors (Lipinski definition) is 0. The van der Waals surface area contributed by atoms with Crippen LogP contribution in [0.1, 0.15) is 37.8 Å². The van der Waals surface area contributed by atoms with Crippen molar-refractivity contribution in [3.05, 3.63) is 113 Å². The normalized spacial score (nSPS) is 26.9. The molecule has 2 heterocycles. The third-order valence-electron chi connectivity index (χ3n) is 8.34. The molecule has 2 atom stereocenters. The number of rotatable bonds is 2. The van der Waals surface area contributed by atoms with Crippen molar-refractivity contribution in [2.75, 3.05) is 33.7 Å². The van der Waals surface area contributed by atoms with Crippen LogP contribution < -0.4 is 0 Å². The van der Waals surface area contributed by atoms with Crippen LogP contribution in [-0.2, 0) is 4.79 Å². The molecule has 2 fully saturated rings. The smallest absolute Gasteiger partial charge is 0.192 e. The Labute approximate surface area is 211 Å². The molecule has 0 radical (unpaired) electrons. The van der Waals surface area contributed by atoms with Gasteiger partial charge >= 0.3 is 0 Å². The Morgan fingerprint density at radius 3 is 1.92 bits per heavy atom. The van der Waals surface area contributed by atoms with Crippen molar-refractivity contribution in [1.29, 1.82) is 0 Å². The number of likely N-dealkylation sites (tertiary alicyclic amines) is 2. The Balaban J connectivity index is 1.63. The second-order valence-corrected chi connectivity index (χ2v) is 10.3. The number of hydrogen-bond acceptors (Lipinski definition) is 5. The van der Waals surface area contributed by atoms with Crippen LogP contribution in [0.5, 0.6) is 0 Å². The van der Waals surface area contributed by atoms with E-state index in [-0.39, 0.29) is 23.3 Å². The average Bonchev–Trinajstić information content (AvgIpc) is 3.29. The van der Waals surface area contributed by atoms with E-state index in [1.807, 2.05) is 85.7 Å². The summed E-state index contributed by atoms with van der Waals surface area (Å²) in [6, 6.07) is 26.7. The zero-order chi connectivity index (χ0) is 25.1. The van der Waals surface area contributed by atoms with E-state index in [0.29, 0.717) is 36.3 Å². The topological polar surface area (TPSA) is 57.7 Å². The van der Waals surface area contributed by atoms with Gasteiger partial charge in [-0.05, 0) is 31.3 Å². The van der Waals surface area contributed by atoms with Crippen molar-refractivity contribution in [3.63, 3.8) is 0 Å². The lowest BCUT2D eigenvalue weighted by atomic mass is 9.56. The van der Waals surface area contributed by atoms with E-state index in [0.717, 1.165) is 11.1 Å². The van der Waals surface area contributed by atoms with Crippen LogP contribution in [0.15, 0.2) is 90.5 Å². The maximum Gasteiger partial charge on any atom is 0.192 e. The van der Waals surface area contributed by atoms with Gasteiger partial charge in [-0.25, -0.2) is 0 Å². The Hall–Kier alpha value is -3.67. The van der Waals surface area contributed by atoms with Crippen molar-refractivity contribution < 1.29 is 14.4 Å². The van der Waals surface area contributed by atoms with E-state index in [1.54, 1.807) is 24.3 Å². The molecule has 1 aliphatic carbocycles. The third-order valence-corrected chi connectivity index (χ3v) is 8.34. The predicted molar refractivity (Wildman–Crippen MR) is 139 cm³/mol. The van der Waals surface area contributed by atoms with Crippen LogP contribution in [0, 0.1) is 5.41 Å². The highest BCUT2D eigenvalue weighted by molar-refractivity contribution is 6.36. The highest BCUT2D eigenvalue weighted by atomic mass is 16.2. The van der Waals surface area contributed by atoms with Gasteiger partial charge in [-0.15, -0.1) is 0 Å². The Bertz CT molecular complexity index is 1380. The van der Waals surface area contributed by atoms with Gasteiger partial charge in [-0.2, -0.15) is 0 Å². The first-order valence-corrected chi connectivity index (χ1v) is 12.3. The molecule has 0 N–H and O–H groups in total. The van der Waals surface area contributed by atoms with Gasteiger partial charge in [0.1, 0.15) is 0 Å². The first kappa shape index (κ1) is 22.8. The fourth-order valence-electron chi connectivity index (χ4n) is 6.97. The molecule has 3 aromatic rings. The highest BCUT2D eigenvalue weighted by Gasteiger charge is 2.77. The summed E-state index contributed by atoms with van der Waals surface area (Å²) in [5.74, 6) is -0.934. The lowest BCUT2D eigenvalue weighted by molar-refractivity contribution is -0.132. The van der Waals surface area contributed by atoms with Crippen LogP contribution in [0.25, 0.3) is 6.08 Å². The lowest BCUT2D eigenvalue weighted by Crippen LogP contribution is -2.69. The number of nitrogens with zero attached hydrogens (tertiary/aromatic N) is 2. The molecular formula is C31H28N2O3. The van der Waals surface area contributed by atoms with Crippen molar-refractivity contribution in [1.82, 2.24) is 9.80 Å². The minimum atomic E-state index is -1.58. The summed E-state index contributed by atoms with van der Waals surface area (Å²) in [7, 11) is 3.80. The monoisotopic (exact) mass is 476 g/mol. The average molecular weight is 477 g/mol. The van der Waals surface area contributed by atoms with Crippen LogP contribution in [0.4, 0.5) is 0 Å². The first-order valence-electron chi connectivity index (χ1n) is 12.3. The lowest BCUT2D eigenvalue weighted by Gasteiger charge is -2.50. The van der Waals surface area contributed by atoms with Gasteiger partial charge in [0.25, 0.3) is 0 Å². The highest BCUT2D eigenvalue weighted by Crippen LogP contribution is 2.60. The molecule has 5 heteroatoms. The van der Waals surface area contributed by atoms with Gasteiger partial charge in [-0.1, -0.05) is 84.9 Å². The summed E-state index contributed by atoms with van der Waals surface area (Å²) >= 11 is 0.